The summed E-state index contributed by atoms with van der Waals surface area (Å²) in [6.07, 6.45) is -12.3. The molecule has 0 radical (unpaired) electrons. The Morgan fingerprint density at radius 2 is 1.89 bits per heavy atom. The first kappa shape index (κ1) is 27.6. The minimum Gasteiger partial charge on any atom is -0.443 e. The normalized spacial score (nSPS) is 28.6. The number of halogens is 4. The van der Waals surface area contributed by atoms with Crippen molar-refractivity contribution in [1.29, 1.82) is 0 Å². The third-order valence-corrected chi connectivity index (χ3v) is 6.77. The molecule has 1 aromatic carbocycles. The van der Waals surface area contributed by atoms with Crippen molar-refractivity contribution in [2.24, 2.45) is 5.92 Å². The van der Waals surface area contributed by atoms with Crippen LogP contribution in [0.5, 0.6) is 11.6 Å². The predicted molar refractivity (Wildman–Crippen MR) is 120 cm³/mol. The molecule has 0 spiro atoms. The van der Waals surface area contributed by atoms with Crippen LogP contribution in [0.3, 0.4) is 0 Å². The third-order valence-electron chi connectivity index (χ3n) is 6.77. The number of aliphatic hydroxyl groups is 3. The fraction of sp³-hybridized carbons (Fsp3) is 0.625. The highest BCUT2D eigenvalue weighted by Crippen LogP contribution is 2.34. The molecule has 3 heterocycles. The highest BCUT2D eigenvalue weighted by atomic mass is 19.3. The number of rotatable bonds is 9. The maximum absolute atomic E-state index is 13.2. The van der Waals surface area contributed by atoms with E-state index >= 15 is 0 Å². The van der Waals surface area contributed by atoms with Gasteiger partial charge in [0, 0.05) is 30.2 Å². The van der Waals surface area contributed by atoms with Crippen LogP contribution in [0, 0.1) is 12.8 Å². The summed E-state index contributed by atoms with van der Waals surface area (Å²) in [5.41, 5.74) is 1.95. The van der Waals surface area contributed by atoms with Crippen molar-refractivity contribution in [1.82, 2.24) is 9.78 Å². The van der Waals surface area contributed by atoms with Crippen LogP contribution >= 0.6 is 0 Å². The zero-order chi connectivity index (χ0) is 26.9. The Labute approximate surface area is 210 Å². The fourth-order valence-electron chi connectivity index (χ4n) is 4.46. The SMILES string of the molecule is Cc1c(Cc2ccc(OC(F)(F)C(F)F)cc2)c(O[C@@H]2O[C@H](CO)[C@@H](C)[C@H](O)[C@H]2O)nn1C1CCOC1. The molecular weight excluding hydrogens is 504 g/mol. The summed E-state index contributed by atoms with van der Waals surface area (Å²) >= 11 is 0. The lowest BCUT2D eigenvalue weighted by Crippen LogP contribution is -2.56. The van der Waals surface area contributed by atoms with Crippen LogP contribution in [0.2, 0.25) is 0 Å². The van der Waals surface area contributed by atoms with Crippen LogP contribution in [0.4, 0.5) is 17.6 Å². The van der Waals surface area contributed by atoms with E-state index in [1.54, 1.807) is 11.6 Å². The predicted octanol–water partition coefficient (Wildman–Crippen LogP) is 2.43. The van der Waals surface area contributed by atoms with E-state index in [9.17, 15) is 32.9 Å². The number of nitrogens with zero attached hydrogens (tertiary/aromatic N) is 2. The Morgan fingerprint density at radius 1 is 1.19 bits per heavy atom. The van der Waals surface area contributed by atoms with E-state index in [0.717, 1.165) is 24.2 Å². The number of aromatic nitrogens is 2. The topological polar surface area (TPSA) is 115 Å². The first-order chi connectivity index (χ1) is 17.5. The van der Waals surface area contributed by atoms with Crippen LogP contribution in [0.15, 0.2) is 24.3 Å². The van der Waals surface area contributed by atoms with Crippen molar-refractivity contribution in [3.05, 3.63) is 41.1 Å². The molecule has 1 aromatic heterocycles. The number of ether oxygens (including phenoxy) is 4. The third kappa shape index (κ3) is 5.85. The Morgan fingerprint density at radius 3 is 2.49 bits per heavy atom. The van der Waals surface area contributed by atoms with Crippen molar-refractivity contribution in [2.45, 2.75) is 69.9 Å². The number of aliphatic hydroxyl groups excluding tert-OH is 3. The summed E-state index contributed by atoms with van der Waals surface area (Å²) in [7, 11) is 0. The molecule has 2 aliphatic rings. The molecule has 3 N–H and O–H groups in total. The van der Waals surface area contributed by atoms with Crippen LogP contribution in [0.1, 0.15) is 36.2 Å². The van der Waals surface area contributed by atoms with Gasteiger partial charge < -0.3 is 34.3 Å². The second kappa shape index (κ2) is 11.1. The second-order valence-electron chi connectivity index (χ2n) is 9.30. The van der Waals surface area contributed by atoms with Gasteiger partial charge in [0.1, 0.15) is 11.9 Å². The minimum atomic E-state index is -4.61. The molecule has 0 bridgehead atoms. The van der Waals surface area contributed by atoms with Crippen molar-refractivity contribution < 1.29 is 51.8 Å². The van der Waals surface area contributed by atoms with Gasteiger partial charge in [-0.1, -0.05) is 19.1 Å². The van der Waals surface area contributed by atoms with Gasteiger partial charge >= 0.3 is 12.5 Å². The minimum absolute atomic E-state index is 0.0588. The average molecular weight is 535 g/mol. The Bertz CT molecular complexity index is 1040. The van der Waals surface area contributed by atoms with Gasteiger partial charge in [0.2, 0.25) is 12.2 Å². The van der Waals surface area contributed by atoms with E-state index in [1.165, 1.54) is 12.1 Å². The van der Waals surface area contributed by atoms with Gasteiger partial charge in [0.15, 0.2) is 0 Å². The van der Waals surface area contributed by atoms with Gasteiger partial charge in [-0.3, -0.25) is 4.68 Å². The van der Waals surface area contributed by atoms with Gasteiger partial charge in [-0.25, -0.2) is 0 Å². The highest BCUT2D eigenvalue weighted by Gasteiger charge is 2.45. The average Bonchev–Trinajstić information content (AvgIpc) is 3.49. The summed E-state index contributed by atoms with van der Waals surface area (Å²) < 4.78 is 74.3. The van der Waals surface area contributed by atoms with Gasteiger partial charge in [-0.05, 0) is 31.0 Å². The molecule has 2 aliphatic heterocycles. The van der Waals surface area contributed by atoms with E-state index in [2.05, 4.69) is 9.84 Å². The standard InChI is InChI=1S/C24H30F4N2O7/c1-12-18(10-31)35-22(20(33)19(12)32)36-21-17(13(2)30(29-21)15-7-8-34-11-15)9-14-3-5-16(6-4-14)37-24(27,28)23(25)26/h3-6,12,15,18-20,22-23,31-33H,7-11H2,1-2H3/t12-,15?,18-,19+,20-,22+/m1/s1. The van der Waals surface area contributed by atoms with Crippen LogP contribution in [0.25, 0.3) is 0 Å². The molecule has 1 unspecified atom stereocenters. The van der Waals surface area contributed by atoms with Crippen LogP contribution in [-0.2, 0) is 15.9 Å². The molecule has 2 saturated heterocycles. The molecule has 6 atom stereocenters. The molecule has 4 rings (SSSR count). The molecule has 2 fully saturated rings. The highest BCUT2D eigenvalue weighted by molar-refractivity contribution is 5.38. The summed E-state index contributed by atoms with van der Waals surface area (Å²) in [6, 6.07) is 5.17. The molecule has 13 heteroatoms. The van der Waals surface area contributed by atoms with Crippen LogP contribution < -0.4 is 9.47 Å². The molecule has 0 aliphatic carbocycles. The van der Waals surface area contributed by atoms with Crippen LogP contribution in [-0.4, -0.2) is 82.1 Å². The molecule has 37 heavy (non-hydrogen) atoms. The van der Waals surface area contributed by atoms with Crippen molar-refractivity contribution in [2.75, 3.05) is 19.8 Å². The first-order valence-electron chi connectivity index (χ1n) is 11.9. The maximum Gasteiger partial charge on any atom is 0.461 e. The monoisotopic (exact) mass is 534 g/mol. The number of hydrogen-bond donors (Lipinski definition) is 3. The lowest BCUT2D eigenvalue weighted by atomic mass is 9.91. The molecule has 2 aromatic rings. The Hall–Kier alpha value is -2.45. The van der Waals surface area contributed by atoms with E-state index in [0.29, 0.717) is 24.3 Å². The summed E-state index contributed by atoms with van der Waals surface area (Å²) in [5.74, 6) is -0.832. The zero-order valence-corrected chi connectivity index (χ0v) is 20.3. The molecule has 206 valence electrons. The van der Waals surface area contributed by atoms with E-state index in [4.69, 9.17) is 14.2 Å². The molecular formula is C24H30F4N2O7. The first-order valence-corrected chi connectivity index (χ1v) is 11.9. The van der Waals surface area contributed by atoms with E-state index in [-0.39, 0.29) is 24.9 Å². The second-order valence-corrected chi connectivity index (χ2v) is 9.30. The summed E-state index contributed by atoms with van der Waals surface area (Å²) in [5, 5.41) is 35.1. The molecule has 0 amide bonds. The number of benzene rings is 1. The van der Waals surface area contributed by atoms with Crippen molar-refractivity contribution >= 4 is 0 Å². The number of hydrogen-bond acceptors (Lipinski definition) is 8. The Balaban J connectivity index is 1.59. The smallest absolute Gasteiger partial charge is 0.443 e. The number of alkyl halides is 4. The van der Waals surface area contributed by atoms with E-state index < -0.39 is 48.8 Å². The van der Waals surface area contributed by atoms with Crippen molar-refractivity contribution in [3.63, 3.8) is 0 Å². The van der Waals surface area contributed by atoms with Gasteiger partial charge in [0.25, 0.3) is 0 Å². The molecule has 0 saturated carbocycles. The van der Waals surface area contributed by atoms with Gasteiger partial charge in [0.05, 0.1) is 31.5 Å². The van der Waals surface area contributed by atoms with Gasteiger partial charge in [-0.2, -0.15) is 17.6 Å². The lowest BCUT2D eigenvalue weighted by molar-refractivity contribution is -0.261. The van der Waals surface area contributed by atoms with Gasteiger partial charge in [-0.15, -0.1) is 5.10 Å². The fourth-order valence-corrected chi connectivity index (χ4v) is 4.46. The largest absolute Gasteiger partial charge is 0.461 e. The summed E-state index contributed by atoms with van der Waals surface area (Å²) in [6.45, 7) is 4.08. The molecule has 9 nitrogen and oxygen atoms in total. The quantitative estimate of drug-likeness (QED) is 0.421. The Kier molecular flexibility index (Phi) is 8.29. The van der Waals surface area contributed by atoms with E-state index in [1.807, 2.05) is 6.92 Å². The maximum atomic E-state index is 13.2. The summed E-state index contributed by atoms with van der Waals surface area (Å²) in [4.78, 5) is 0. The van der Waals surface area contributed by atoms with Crippen molar-refractivity contribution in [3.8, 4) is 11.6 Å². The zero-order valence-electron chi connectivity index (χ0n) is 20.3. The lowest BCUT2D eigenvalue weighted by Gasteiger charge is -2.40.